The molecule has 142 valence electrons. The Labute approximate surface area is 164 Å². The van der Waals surface area contributed by atoms with E-state index in [0.29, 0.717) is 34.1 Å². The first kappa shape index (κ1) is 19.1. The molecule has 0 saturated carbocycles. The van der Waals surface area contributed by atoms with Gasteiger partial charge >= 0.3 is 0 Å². The van der Waals surface area contributed by atoms with Crippen LogP contribution in [-0.4, -0.2) is 26.3 Å². The molecule has 3 aromatic rings. The largest absolute Gasteiger partial charge is 0.496 e. The molecule has 0 aliphatic rings. The fourth-order valence-corrected chi connectivity index (χ4v) is 3.25. The van der Waals surface area contributed by atoms with Crippen LogP contribution in [-0.2, 0) is 0 Å². The van der Waals surface area contributed by atoms with Gasteiger partial charge in [0.15, 0.2) is 0 Å². The molecule has 1 aromatic heterocycles. The molecule has 0 fully saturated rings. The normalized spacial score (nSPS) is 10.2. The van der Waals surface area contributed by atoms with Crippen LogP contribution in [0.3, 0.4) is 0 Å². The molecular formula is C22H21N3O3. The number of nitriles is 1. The molecule has 2 aromatic carbocycles. The highest BCUT2D eigenvalue weighted by atomic mass is 16.5. The number of benzene rings is 2. The van der Waals surface area contributed by atoms with E-state index in [4.69, 9.17) is 19.9 Å². The summed E-state index contributed by atoms with van der Waals surface area (Å²) in [5.41, 5.74) is 10.1. The zero-order valence-electron chi connectivity index (χ0n) is 16.2. The smallest absolute Gasteiger partial charge is 0.142 e. The summed E-state index contributed by atoms with van der Waals surface area (Å²) in [5, 5.41) is 9.80. The summed E-state index contributed by atoms with van der Waals surface area (Å²) in [5.74, 6) is 1.77. The van der Waals surface area contributed by atoms with Gasteiger partial charge in [-0.15, -0.1) is 0 Å². The Hall–Kier alpha value is -3.72. The van der Waals surface area contributed by atoms with E-state index in [0.717, 1.165) is 11.1 Å². The van der Waals surface area contributed by atoms with Crippen molar-refractivity contribution in [3.63, 3.8) is 0 Å². The zero-order chi connectivity index (χ0) is 20.3. The summed E-state index contributed by atoms with van der Waals surface area (Å²) in [6.45, 7) is 1.91. The van der Waals surface area contributed by atoms with E-state index >= 15 is 0 Å². The minimum atomic E-state index is 0.155. The number of anilines is 1. The van der Waals surface area contributed by atoms with Crippen molar-refractivity contribution in [2.24, 2.45) is 0 Å². The van der Waals surface area contributed by atoms with Crippen molar-refractivity contribution in [1.82, 2.24) is 4.98 Å². The topological polar surface area (TPSA) is 90.4 Å². The lowest BCUT2D eigenvalue weighted by molar-refractivity contribution is 0.377. The van der Waals surface area contributed by atoms with Crippen LogP contribution in [0.1, 0.15) is 11.1 Å². The summed E-state index contributed by atoms with van der Waals surface area (Å²) in [4.78, 5) is 4.49. The number of hydrogen-bond donors (Lipinski definition) is 1. The monoisotopic (exact) mass is 375 g/mol. The molecule has 6 nitrogen and oxygen atoms in total. The number of aromatic nitrogens is 1. The van der Waals surface area contributed by atoms with Gasteiger partial charge in [-0.05, 0) is 12.5 Å². The molecule has 0 bridgehead atoms. The van der Waals surface area contributed by atoms with Crippen LogP contribution in [0.4, 0.5) is 5.82 Å². The first-order valence-corrected chi connectivity index (χ1v) is 8.61. The molecule has 28 heavy (non-hydrogen) atoms. The third-order valence-electron chi connectivity index (χ3n) is 4.59. The summed E-state index contributed by atoms with van der Waals surface area (Å²) in [7, 11) is 4.68. The van der Waals surface area contributed by atoms with Crippen molar-refractivity contribution in [2.45, 2.75) is 6.92 Å². The van der Waals surface area contributed by atoms with Crippen molar-refractivity contribution >= 4 is 5.82 Å². The number of nitrogens with zero attached hydrogens (tertiary/aromatic N) is 2. The molecular weight excluding hydrogens is 354 g/mol. The Kier molecular flexibility index (Phi) is 5.37. The van der Waals surface area contributed by atoms with E-state index in [1.807, 2.05) is 37.3 Å². The summed E-state index contributed by atoms with van der Waals surface area (Å²) >= 11 is 0. The van der Waals surface area contributed by atoms with E-state index in [-0.39, 0.29) is 11.4 Å². The van der Waals surface area contributed by atoms with Gasteiger partial charge in [-0.1, -0.05) is 30.3 Å². The lowest BCUT2D eigenvalue weighted by atomic mass is 9.91. The summed E-state index contributed by atoms with van der Waals surface area (Å²) < 4.78 is 16.5. The zero-order valence-corrected chi connectivity index (χ0v) is 16.2. The Morgan fingerprint density at radius 2 is 1.54 bits per heavy atom. The predicted molar refractivity (Wildman–Crippen MR) is 109 cm³/mol. The highest BCUT2D eigenvalue weighted by molar-refractivity contribution is 5.90. The van der Waals surface area contributed by atoms with Gasteiger partial charge in [-0.2, -0.15) is 5.26 Å². The maximum Gasteiger partial charge on any atom is 0.142 e. The Morgan fingerprint density at radius 1 is 0.929 bits per heavy atom. The van der Waals surface area contributed by atoms with Gasteiger partial charge in [0.1, 0.15) is 34.7 Å². The van der Waals surface area contributed by atoms with Crippen LogP contribution in [0.25, 0.3) is 22.4 Å². The van der Waals surface area contributed by atoms with Crippen molar-refractivity contribution in [3.8, 4) is 45.7 Å². The molecule has 2 N–H and O–H groups in total. The van der Waals surface area contributed by atoms with Gasteiger partial charge in [0.05, 0.1) is 32.6 Å². The third-order valence-corrected chi connectivity index (χ3v) is 4.59. The standard InChI is InChI=1S/C22H21N3O3/c1-13-19(20-17(27-3)10-15(26-2)11-18(20)28-4)16(12-23)22(24)25-21(13)14-8-6-5-7-9-14/h5-11H,1-4H3,(H2,24,25). The number of pyridine rings is 1. The second kappa shape index (κ2) is 7.89. The minimum absolute atomic E-state index is 0.155. The summed E-state index contributed by atoms with van der Waals surface area (Å²) in [6, 6.07) is 15.4. The average molecular weight is 375 g/mol. The SMILES string of the molecule is COc1cc(OC)c(-c2c(C)c(-c3ccccc3)nc(N)c2C#N)c(OC)c1. The highest BCUT2D eigenvalue weighted by Gasteiger charge is 2.24. The number of rotatable bonds is 5. The van der Waals surface area contributed by atoms with Crippen LogP contribution in [0.15, 0.2) is 42.5 Å². The molecule has 0 unspecified atom stereocenters. The Bertz CT molecular complexity index is 1030. The molecule has 3 rings (SSSR count). The fraction of sp³-hybridized carbons (Fsp3) is 0.182. The van der Waals surface area contributed by atoms with E-state index in [2.05, 4.69) is 11.1 Å². The van der Waals surface area contributed by atoms with Gasteiger partial charge in [0, 0.05) is 23.3 Å². The molecule has 6 heteroatoms. The predicted octanol–water partition coefficient (Wildman–Crippen LogP) is 4.20. The number of nitrogen functional groups attached to an aromatic ring is 1. The number of methoxy groups -OCH3 is 3. The van der Waals surface area contributed by atoms with Crippen LogP contribution >= 0.6 is 0 Å². The van der Waals surface area contributed by atoms with Gasteiger partial charge in [0.25, 0.3) is 0 Å². The van der Waals surface area contributed by atoms with Crippen molar-refractivity contribution < 1.29 is 14.2 Å². The van der Waals surface area contributed by atoms with Crippen molar-refractivity contribution in [2.75, 3.05) is 27.1 Å². The van der Waals surface area contributed by atoms with Gasteiger partial charge in [-0.25, -0.2) is 4.98 Å². The maximum absolute atomic E-state index is 9.80. The average Bonchev–Trinajstić information content (AvgIpc) is 2.74. The minimum Gasteiger partial charge on any atom is -0.496 e. The van der Waals surface area contributed by atoms with Crippen LogP contribution in [0.5, 0.6) is 17.2 Å². The van der Waals surface area contributed by atoms with Gasteiger partial charge < -0.3 is 19.9 Å². The van der Waals surface area contributed by atoms with E-state index in [9.17, 15) is 5.26 Å². The fourth-order valence-electron chi connectivity index (χ4n) is 3.25. The number of hydrogen-bond acceptors (Lipinski definition) is 6. The van der Waals surface area contributed by atoms with Crippen LogP contribution in [0, 0.1) is 18.3 Å². The highest BCUT2D eigenvalue weighted by Crippen LogP contribution is 2.46. The quantitative estimate of drug-likeness (QED) is 0.719. The molecule has 0 aliphatic heterocycles. The Morgan fingerprint density at radius 3 is 2.04 bits per heavy atom. The van der Waals surface area contributed by atoms with Crippen molar-refractivity contribution in [1.29, 1.82) is 5.26 Å². The van der Waals surface area contributed by atoms with E-state index in [1.54, 1.807) is 33.5 Å². The third kappa shape index (κ3) is 3.19. The van der Waals surface area contributed by atoms with Crippen molar-refractivity contribution in [3.05, 3.63) is 53.6 Å². The molecule has 0 spiro atoms. The van der Waals surface area contributed by atoms with Gasteiger partial charge in [0.2, 0.25) is 0 Å². The number of nitrogens with two attached hydrogens (primary N) is 1. The lowest BCUT2D eigenvalue weighted by Gasteiger charge is -2.20. The van der Waals surface area contributed by atoms with E-state index < -0.39 is 0 Å². The first-order valence-electron chi connectivity index (χ1n) is 8.61. The second-order valence-electron chi connectivity index (χ2n) is 6.11. The molecule has 0 saturated heterocycles. The molecule has 0 radical (unpaired) electrons. The first-order chi connectivity index (χ1) is 13.5. The number of ether oxygens (including phenoxy) is 3. The molecule has 1 heterocycles. The Balaban J connectivity index is 2.43. The van der Waals surface area contributed by atoms with E-state index in [1.165, 1.54) is 0 Å². The molecule has 0 aliphatic carbocycles. The lowest BCUT2D eigenvalue weighted by Crippen LogP contribution is -2.05. The second-order valence-corrected chi connectivity index (χ2v) is 6.11. The maximum atomic E-state index is 9.80. The van der Waals surface area contributed by atoms with Crippen LogP contribution in [0.2, 0.25) is 0 Å². The van der Waals surface area contributed by atoms with Crippen LogP contribution < -0.4 is 19.9 Å². The van der Waals surface area contributed by atoms with Gasteiger partial charge in [-0.3, -0.25) is 0 Å². The summed E-state index contributed by atoms with van der Waals surface area (Å²) in [6.07, 6.45) is 0. The molecule has 0 amide bonds. The molecule has 0 atom stereocenters.